The van der Waals surface area contributed by atoms with Crippen molar-refractivity contribution in [3.63, 3.8) is 0 Å². The molecule has 1 aromatic carbocycles. The molecule has 3 heterocycles. The van der Waals surface area contributed by atoms with Crippen LogP contribution in [0.3, 0.4) is 0 Å². The third-order valence-corrected chi connectivity index (χ3v) is 8.59. The van der Waals surface area contributed by atoms with Gasteiger partial charge in [0, 0.05) is 51.9 Å². The van der Waals surface area contributed by atoms with E-state index in [-0.39, 0.29) is 0 Å². The summed E-state index contributed by atoms with van der Waals surface area (Å²) in [7, 11) is 0. The molecule has 6 heteroatoms. The molecule has 1 spiro atoms. The van der Waals surface area contributed by atoms with Crippen molar-refractivity contribution in [2.24, 2.45) is 5.41 Å². The third-order valence-electron chi connectivity index (χ3n) is 7.33. The molecule has 0 amide bonds. The second-order valence-corrected chi connectivity index (χ2v) is 11.3. The molecule has 1 aliphatic carbocycles. The van der Waals surface area contributed by atoms with Crippen LogP contribution in [-0.4, -0.2) is 42.2 Å². The Labute approximate surface area is 203 Å². The van der Waals surface area contributed by atoms with Crippen LogP contribution >= 0.6 is 11.3 Å². The lowest BCUT2D eigenvalue weighted by molar-refractivity contribution is -0.126. The molecule has 5 rings (SSSR count). The lowest BCUT2D eigenvalue weighted by Gasteiger charge is -2.51. The molecule has 2 nitrogen and oxygen atoms in total. The maximum absolute atomic E-state index is 12.8. The highest BCUT2D eigenvalue weighted by molar-refractivity contribution is 7.10. The Morgan fingerprint density at radius 3 is 2.65 bits per heavy atom. The van der Waals surface area contributed by atoms with E-state index in [0.29, 0.717) is 10.3 Å². The Bertz CT molecular complexity index is 1330. The van der Waals surface area contributed by atoms with Crippen LogP contribution in [0.15, 0.2) is 29.8 Å². The number of likely N-dealkylation sites (tertiary alicyclic amines) is 2. The average molecular weight is 483 g/mol. The summed E-state index contributed by atoms with van der Waals surface area (Å²) in [5.41, 5.74) is 7.28. The van der Waals surface area contributed by atoms with Crippen molar-refractivity contribution in [2.75, 3.05) is 26.2 Å². The molecule has 0 atom stereocenters. The number of hydrogen-bond donors (Lipinski definition) is 0. The second-order valence-electron chi connectivity index (χ2n) is 10.2. The fourth-order valence-electron chi connectivity index (χ4n) is 5.71. The summed E-state index contributed by atoms with van der Waals surface area (Å²) in [5, 5.41) is 1.02. The monoisotopic (exact) mass is 482 g/mol. The van der Waals surface area contributed by atoms with Gasteiger partial charge in [0.15, 0.2) is 0 Å². The molecule has 3 aliphatic rings. The van der Waals surface area contributed by atoms with E-state index >= 15 is 0 Å². The lowest BCUT2D eigenvalue weighted by atomic mass is 9.77. The predicted molar refractivity (Wildman–Crippen MR) is 133 cm³/mol. The van der Waals surface area contributed by atoms with Crippen molar-refractivity contribution in [2.45, 2.75) is 46.3 Å². The Morgan fingerprint density at radius 1 is 1.21 bits per heavy atom. The number of benzene rings is 1. The van der Waals surface area contributed by atoms with Gasteiger partial charge in [-0.3, -0.25) is 4.90 Å². The van der Waals surface area contributed by atoms with Crippen LogP contribution in [0.1, 0.15) is 41.8 Å². The molecule has 0 unspecified atom stereocenters. The molecule has 0 N–H and O–H groups in total. The zero-order chi connectivity index (χ0) is 24.3. The van der Waals surface area contributed by atoms with Crippen molar-refractivity contribution >= 4 is 28.7 Å². The maximum Gasteiger partial charge on any atom is 0.393 e. The number of rotatable bonds is 5. The van der Waals surface area contributed by atoms with Crippen LogP contribution in [-0.2, 0) is 13.0 Å². The minimum absolute atomic E-state index is 0.301. The highest BCUT2D eigenvalue weighted by atomic mass is 32.1. The zero-order valence-corrected chi connectivity index (χ0v) is 20.7. The van der Waals surface area contributed by atoms with E-state index in [2.05, 4.69) is 46.9 Å². The van der Waals surface area contributed by atoms with E-state index < -0.39 is 12.6 Å². The topological polar surface area (TPSA) is 6.48 Å². The van der Waals surface area contributed by atoms with Crippen LogP contribution in [0.25, 0.3) is 17.3 Å². The summed E-state index contributed by atoms with van der Waals surface area (Å²) in [4.78, 5) is 5.33. The van der Waals surface area contributed by atoms with Gasteiger partial charge >= 0.3 is 6.18 Å². The van der Waals surface area contributed by atoms with Gasteiger partial charge in [0.2, 0.25) is 0 Å². The molecule has 1 aromatic heterocycles. The Morgan fingerprint density at radius 2 is 1.97 bits per heavy atom. The normalized spacial score (nSPS) is 19.8. The molecule has 0 bridgehead atoms. The summed E-state index contributed by atoms with van der Waals surface area (Å²) < 4.78 is 39.4. The quantitative estimate of drug-likeness (QED) is 0.570. The molecule has 2 fully saturated rings. The van der Waals surface area contributed by atoms with Gasteiger partial charge in [-0.1, -0.05) is 24.1 Å². The maximum atomic E-state index is 12.8. The molecule has 2 saturated heterocycles. The number of thiophene rings is 1. The number of fused-ring (bicyclic) bond motifs is 1. The first-order chi connectivity index (χ1) is 16.1. The van der Waals surface area contributed by atoms with Crippen molar-refractivity contribution in [3.05, 3.63) is 61.2 Å². The number of terminal acetylenes is 1. The summed E-state index contributed by atoms with van der Waals surface area (Å²) in [5.74, 6) is 2.68. The van der Waals surface area contributed by atoms with Crippen LogP contribution < -0.4 is 9.75 Å². The standard InChI is InChI=1S/C28H29F3N2S/c1-5-18(2)10-22-7-6-21(11-19(22)3)14-32-9-8-27(15-32)16-33(17-27)25-20(4)26-24(25)12-23(34-26)13-28(29,30)31/h1,6-7,10-12H,8-9,13-17H2,2-4H3/b18-10+. The Balaban J connectivity index is 1.21. The highest BCUT2D eigenvalue weighted by Gasteiger charge is 2.49. The first-order valence-electron chi connectivity index (χ1n) is 11.7. The van der Waals surface area contributed by atoms with E-state index in [4.69, 9.17) is 6.42 Å². The van der Waals surface area contributed by atoms with Gasteiger partial charge in [-0.25, -0.2) is 0 Å². The average Bonchev–Trinajstić information content (AvgIpc) is 3.31. The summed E-state index contributed by atoms with van der Waals surface area (Å²) >= 11 is 1.30. The van der Waals surface area contributed by atoms with E-state index in [9.17, 15) is 13.2 Å². The first kappa shape index (κ1) is 23.3. The number of allylic oxidation sites excluding steroid dienone is 1. The van der Waals surface area contributed by atoms with Crippen LogP contribution in [0.4, 0.5) is 13.2 Å². The van der Waals surface area contributed by atoms with Gasteiger partial charge in [-0.2, -0.15) is 13.2 Å². The second kappa shape index (κ2) is 8.32. The minimum atomic E-state index is -4.15. The SMILES string of the molecule is C#C/C(C)=C/c1ccc(CN2CCC3(C2)CN(C2=c4cc(CC(F)(F)F)sc4=C2C)C3)cc1C. The minimum Gasteiger partial charge on any atom is -0.369 e. The molecule has 178 valence electrons. The molecule has 2 aliphatic heterocycles. The Hall–Kier alpha value is -2.49. The Kier molecular flexibility index (Phi) is 5.69. The first-order valence-corrected chi connectivity index (χ1v) is 12.5. The van der Waals surface area contributed by atoms with Gasteiger partial charge in [0.25, 0.3) is 0 Å². The largest absolute Gasteiger partial charge is 0.393 e. The van der Waals surface area contributed by atoms with Gasteiger partial charge in [0.1, 0.15) is 0 Å². The summed E-state index contributed by atoms with van der Waals surface area (Å²) in [6.07, 6.45) is 3.72. The third kappa shape index (κ3) is 4.32. The zero-order valence-electron chi connectivity index (χ0n) is 19.9. The fraction of sp³-hybridized carbons (Fsp3) is 0.429. The van der Waals surface area contributed by atoms with E-state index in [1.54, 1.807) is 6.07 Å². The van der Waals surface area contributed by atoms with Crippen molar-refractivity contribution in [1.82, 2.24) is 9.80 Å². The van der Waals surface area contributed by atoms with Gasteiger partial charge in [0.05, 0.1) is 6.42 Å². The lowest BCUT2D eigenvalue weighted by Crippen LogP contribution is -2.59. The summed E-state index contributed by atoms with van der Waals surface area (Å²) in [6, 6.07) is 8.36. The van der Waals surface area contributed by atoms with Crippen LogP contribution in [0.2, 0.25) is 0 Å². The summed E-state index contributed by atoms with van der Waals surface area (Å²) in [6.45, 7) is 11.2. The molecule has 34 heavy (non-hydrogen) atoms. The molecule has 0 saturated carbocycles. The van der Waals surface area contributed by atoms with Gasteiger partial charge in [-0.05, 0) is 73.7 Å². The van der Waals surface area contributed by atoms with E-state index in [1.807, 2.05) is 13.8 Å². The van der Waals surface area contributed by atoms with Crippen molar-refractivity contribution in [1.29, 1.82) is 0 Å². The number of nitrogens with zero attached hydrogens (tertiary/aromatic N) is 2. The number of halogens is 3. The van der Waals surface area contributed by atoms with Gasteiger partial charge < -0.3 is 4.90 Å². The van der Waals surface area contributed by atoms with E-state index in [0.717, 1.165) is 53.6 Å². The number of hydrogen-bond acceptors (Lipinski definition) is 3. The van der Waals surface area contributed by atoms with Crippen LogP contribution in [0, 0.1) is 24.7 Å². The number of aryl methyl sites for hydroxylation is 1. The number of alkyl halides is 3. The smallest absolute Gasteiger partial charge is 0.369 e. The highest BCUT2D eigenvalue weighted by Crippen LogP contribution is 2.43. The van der Waals surface area contributed by atoms with Gasteiger partial charge in [-0.15, -0.1) is 17.8 Å². The molecular weight excluding hydrogens is 453 g/mol. The molecular formula is C28H29F3N2S. The van der Waals surface area contributed by atoms with Crippen molar-refractivity contribution in [3.8, 4) is 12.3 Å². The molecule has 2 aromatic rings. The van der Waals surface area contributed by atoms with Crippen LogP contribution in [0.5, 0.6) is 0 Å². The van der Waals surface area contributed by atoms with Crippen molar-refractivity contribution < 1.29 is 13.2 Å². The van der Waals surface area contributed by atoms with E-state index in [1.165, 1.54) is 40.1 Å². The predicted octanol–water partition coefficient (Wildman–Crippen LogP) is 4.70. The molecule has 0 radical (unpaired) electrons. The fourth-order valence-corrected chi connectivity index (χ4v) is 6.90.